The maximum Gasteiger partial charge on any atom is 0.222 e. The van der Waals surface area contributed by atoms with Crippen LogP contribution in [0.25, 0.3) is 0 Å². The predicted molar refractivity (Wildman–Crippen MR) is 89.4 cm³/mol. The second-order valence-corrected chi connectivity index (χ2v) is 5.97. The molecule has 1 aromatic rings. The van der Waals surface area contributed by atoms with Crippen molar-refractivity contribution in [2.75, 3.05) is 20.1 Å². The number of unbranched alkanes of at least 4 members (excludes halogenated alkanes) is 1. The van der Waals surface area contributed by atoms with Gasteiger partial charge in [0.1, 0.15) is 0 Å². The van der Waals surface area contributed by atoms with Gasteiger partial charge in [-0.2, -0.15) is 0 Å². The van der Waals surface area contributed by atoms with E-state index in [-0.39, 0.29) is 5.91 Å². The predicted octanol–water partition coefficient (Wildman–Crippen LogP) is 3.25. The molecule has 1 rings (SSSR count). The second kappa shape index (κ2) is 10.4. The van der Waals surface area contributed by atoms with E-state index in [4.69, 9.17) is 0 Å². The molecule has 0 radical (unpaired) electrons. The molecule has 3 nitrogen and oxygen atoms in total. The molecule has 0 spiro atoms. The normalized spacial score (nSPS) is 10.9. The summed E-state index contributed by atoms with van der Waals surface area (Å²) in [5.74, 6) is 0.264. The van der Waals surface area contributed by atoms with Crippen LogP contribution in [0.2, 0.25) is 0 Å². The van der Waals surface area contributed by atoms with Crippen LogP contribution >= 0.6 is 0 Å². The van der Waals surface area contributed by atoms with Crippen LogP contribution in [0.15, 0.2) is 30.3 Å². The smallest absolute Gasteiger partial charge is 0.222 e. The van der Waals surface area contributed by atoms with Crippen LogP contribution in [-0.2, 0) is 11.2 Å². The van der Waals surface area contributed by atoms with Gasteiger partial charge in [-0.25, -0.2) is 0 Å². The van der Waals surface area contributed by atoms with E-state index in [0.29, 0.717) is 12.5 Å². The Morgan fingerprint density at radius 2 is 1.86 bits per heavy atom. The van der Waals surface area contributed by atoms with Gasteiger partial charge in [-0.1, -0.05) is 44.2 Å². The minimum atomic E-state index is 0.264. The van der Waals surface area contributed by atoms with Crippen LogP contribution in [0.5, 0.6) is 0 Å². The molecule has 0 unspecified atom stereocenters. The highest BCUT2D eigenvalue weighted by Gasteiger charge is 2.07. The van der Waals surface area contributed by atoms with Gasteiger partial charge in [-0.3, -0.25) is 4.79 Å². The van der Waals surface area contributed by atoms with Gasteiger partial charge < -0.3 is 10.2 Å². The third-order valence-corrected chi connectivity index (χ3v) is 3.60. The fourth-order valence-electron chi connectivity index (χ4n) is 2.27. The van der Waals surface area contributed by atoms with Gasteiger partial charge in [0, 0.05) is 26.1 Å². The molecule has 0 bridgehead atoms. The van der Waals surface area contributed by atoms with Crippen molar-refractivity contribution in [3.8, 4) is 0 Å². The lowest BCUT2D eigenvalue weighted by molar-refractivity contribution is -0.130. The minimum absolute atomic E-state index is 0.264. The number of hydrogen-bond donors (Lipinski definition) is 1. The molecule has 0 fully saturated rings. The molecule has 1 N–H and O–H groups in total. The Bertz CT molecular complexity index is 389. The van der Waals surface area contributed by atoms with Crippen molar-refractivity contribution in [3.05, 3.63) is 35.9 Å². The van der Waals surface area contributed by atoms with E-state index in [1.54, 1.807) is 0 Å². The molecule has 0 aliphatic carbocycles. The zero-order valence-corrected chi connectivity index (χ0v) is 13.8. The summed E-state index contributed by atoms with van der Waals surface area (Å²) < 4.78 is 0. The molecule has 3 heteroatoms. The van der Waals surface area contributed by atoms with E-state index in [9.17, 15) is 4.79 Å². The Labute approximate surface area is 129 Å². The van der Waals surface area contributed by atoms with Crippen LogP contribution < -0.4 is 5.32 Å². The first kappa shape index (κ1) is 17.7. The summed E-state index contributed by atoms with van der Waals surface area (Å²) in [5.41, 5.74) is 1.38. The lowest BCUT2D eigenvalue weighted by Crippen LogP contribution is -2.29. The van der Waals surface area contributed by atoms with E-state index < -0.39 is 0 Å². The Kier molecular flexibility index (Phi) is 8.76. The van der Waals surface area contributed by atoms with E-state index in [2.05, 4.69) is 43.4 Å². The largest absolute Gasteiger partial charge is 0.346 e. The fraction of sp³-hybridized carbons (Fsp3) is 0.611. The first-order valence-corrected chi connectivity index (χ1v) is 8.11. The molecule has 0 atom stereocenters. The van der Waals surface area contributed by atoms with Crippen molar-refractivity contribution in [2.45, 2.75) is 52.0 Å². The van der Waals surface area contributed by atoms with Crippen molar-refractivity contribution < 1.29 is 4.79 Å². The maximum atomic E-state index is 12.0. The van der Waals surface area contributed by atoms with Crippen molar-refractivity contribution >= 4 is 5.91 Å². The van der Waals surface area contributed by atoms with Gasteiger partial charge in [-0.05, 0) is 37.8 Å². The zero-order chi connectivity index (χ0) is 15.5. The number of nitrogens with one attached hydrogen (secondary N) is 1. The number of amides is 1. The van der Waals surface area contributed by atoms with Crippen LogP contribution in [0.3, 0.4) is 0 Å². The van der Waals surface area contributed by atoms with Crippen LogP contribution in [0, 0.1) is 0 Å². The third-order valence-electron chi connectivity index (χ3n) is 3.60. The van der Waals surface area contributed by atoms with Gasteiger partial charge in [0.05, 0.1) is 0 Å². The van der Waals surface area contributed by atoms with E-state index in [1.165, 1.54) is 5.56 Å². The minimum Gasteiger partial charge on any atom is -0.346 e. The molecule has 0 saturated heterocycles. The summed E-state index contributed by atoms with van der Waals surface area (Å²) in [7, 11) is 1.92. The summed E-state index contributed by atoms with van der Waals surface area (Å²) in [6, 6.07) is 11.0. The number of benzene rings is 1. The lowest BCUT2D eigenvalue weighted by atomic mass is 10.1. The van der Waals surface area contributed by atoms with Gasteiger partial charge in [-0.15, -0.1) is 0 Å². The van der Waals surface area contributed by atoms with Gasteiger partial charge in [0.15, 0.2) is 0 Å². The number of nitrogens with zero attached hydrogens (tertiary/aromatic N) is 1. The van der Waals surface area contributed by atoms with Gasteiger partial charge in [0.25, 0.3) is 0 Å². The fourth-order valence-corrected chi connectivity index (χ4v) is 2.27. The van der Waals surface area contributed by atoms with Gasteiger partial charge in [0.2, 0.25) is 5.91 Å². The van der Waals surface area contributed by atoms with Crippen LogP contribution in [0.1, 0.15) is 45.1 Å². The Morgan fingerprint density at radius 1 is 1.14 bits per heavy atom. The molecule has 21 heavy (non-hydrogen) atoms. The first-order chi connectivity index (χ1) is 10.1. The van der Waals surface area contributed by atoms with Gasteiger partial charge >= 0.3 is 0 Å². The average molecular weight is 290 g/mol. The topological polar surface area (TPSA) is 32.3 Å². The first-order valence-electron chi connectivity index (χ1n) is 8.11. The maximum absolute atomic E-state index is 12.0. The van der Waals surface area contributed by atoms with E-state index in [1.807, 2.05) is 18.0 Å². The third kappa shape index (κ3) is 8.51. The van der Waals surface area contributed by atoms with Crippen LogP contribution in [0.4, 0.5) is 0 Å². The molecule has 0 saturated carbocycles. The highest BCUT2D eigenvalue weighted by atomic mass is 16.2. The molecule has 0 aliphatic heterocycles. The van der Waals surface area contributed by atoms with E-state index >= 15 is 0 Å². The number of carbonyl (C=O) groups is 1. The molecular weight excluding hydrogens is 260 g/mol. The van der Waals surface area contributed by atoms with Crippen molar-refractivity contribution in [1.82, 2.24) is 10.2 Å². The Balaban J connectivity index is 2.07. The molecule has 1 amide bonds. The van der Waals surface area contributed by atoms with Crippen molar-refractivity contribution in [2.24, 2.45) is 0 Å². The zero-order valence-electron chi connectivity index (χ0n) is 13.8. The SMILES string of the molecule is CC(C)NCCCC(=O)N(C)CCCCc1ccccc1. The quantitative estimate of drug-likeness (QED) is 0.671. The van der Waals surface area contributed by atoms with E-state index in [0.717, 1.165) is 38.8 Å². The monoisotopic (exact) mass is 290 g/mol. The highest BCUT2D eigenvalue weighted by Crippen LogP contribution is 2.05. The summed E-state index contributed by atoms with van der Waals surface area (Å²) in [5, 5.41) is 3.34. The van der Waals surface area contributed by atoms with Crippen LogP contribution in [-0.4, -0.2) is 37.0 Å². The summed E-state index contributed by atoms with van der Waals surface area (Å²) >= 11 is 0. The number of aryl methyl sites for hydroxylation is 1. The van der Waals surface area contributed by atoms with Crippen molar-refractivity contribution in [3.63, 3.8) is 0 Å². The molecule has 118 valence electrons. The number of rotatable bonds is 10. The average Bonchev–Trinajstić information content (AvgIpc) is 2.48. The molecule has 0 heterocycles. The highest BCUT2D eigenvalue weighted by molar-refractivity contribution is 5.75. The summed E-state index contributed by atoms with van der Waals surface area (Å²) in [6.45, 7) is 6.04. The van der Waals surface area contributed by atoms with Crippen molar-refractivity contribution in [1.29, 1.82) is 0 Å². The molecular formula is C18H30N2O. The molecule has 1 aromatic carbocycles. The standard InChI is InChI=1S/C18H30N2O/c1-16(2)19-14-9-13-18(21)20(3)15-8-7-12-17-10-5-4-6-11-17/h4-6,10-11,16,19H,7-9,12-15H2,1-3H3. The lowest BCUT2D eigenvalue weighted by Gasteiger charge is -2.17. The number of carbonyl (C=O) groups excluding carboxylic acids is 1. The molecule has 0 aliphatic rings. The Morgan fingerprint density at radius 3 is 2.52 bits per heavy atom. The number of hydrogen-bond acceptors (Lipinski definition) is 2. The summed E-state index contributed by atoms with van der Waals surface area (Å²) in [6.07, 6.45) is 4.87. The molecule has 0 aromatic heterocycles. The summed E-state index contributed by atoms with van der Waals surface area (Å²) in [4.78, 5) is 13.8. The Hall–Kier alpha value is -1.35. The second-order valence-electron chi connectivity index (χ2n) is 5.97.